The molecule has 0 bridgehead atoms. The largest absolute Gasteiger partial charge is 0.343 e. The Bertz CT molecular complexity index is 591. The van der Waals surface area contributed by atoms with E-state index in [1.807, 2.05) is 30.3 Å². The molecule has 2 rings (SSSR count). The lowest BCUT2D eigenvalue weighted by molar-refractivity contribution is 0.0822. The lowest BCUT2D eigenvalue weighted by Gasteiger charge is -2.11. The van der Waals surface area contributed by atoms with E-state index in [-0.39, 0.29) is 5.91 Å². The van der Waals surface area contributed by atoms with Gasteiger partial charge >= 0.3 is 0 Å². The number of aromatic nitrogens is 1. The van der Waals surface area contributed by atoms with Crippen molar-refractivity contribution in [2.24, 2.45) is 0 Å². The van der Waals surface area contributed by atoms with Gasteiger partial charge in [0.2, 0.25) is 0 Å². The van der Waals surface area contributed by atoms with Crippen molar-refractivity contribution in [3.8, 4) is 11.3 Å². The minimum Gasteiger partial charge on any atom is -0.343 e. The number of amides is 1. The zero-order valence-corrected chi connectivity index (χ0v) is 11.6. The highest BCUT2D eigenvalue weighted by Gasteiger charge is 2.11. The van der Waals surface area contributed by atoms with Crippen molar-refractivity contribution in [3.05, 3.63) is 53.7 Å². The highest BCUT2D eigenvalue weighted by Crippen LogP contribution is 2.22. The second-order valence-electron chi connectivity index (χ2n) is 4.62. The monoisotopic (exact) mass is 254 g/mol. The summed E-state index contributed by atoms with van der Waals surface area (Å²) in [5.41, 5.74) is 3.67. The maximum atomic E-state index is 11.9. The number of rotatable bonds is 3. The van der Waals surface area contributed by atoms with E-state index in [9.17, 15) is 4.79 Å². The molecule has 2 aromatic rings. The Labute approximate surface area is 113 Å². The van der Waals surface area contributed by atoms with Crippen LogP contribution in [-0.2, 0) is 6.42 Å². The number of benzene rings is 1. The molecule has 1 heterocycles. The Morgan fingerprint density at radius 3 is 2.53 bits per heavy atom. The van der Waals surface area contributed by atoms with E-state index in [1.54, 1.807) is 20.2 Å². The van der Waals surface area contributed by atoms with E-state index in [4.69, 9.17) is 0 Å². The SMILES string of the molecule is CCc1ccccc1-c1cccc(C(=O)N(C)C)n1. The van der Waals surface area contributed by atoms with E-state index in [2.05, 4.69) is 18.0 Å². The Morgan fingerprint density at radius 2 is 1.84 bits per heavy atom. The standard InChI is InChI=1S/C16H18N2O/c1-4-12-8-5-6-9-13(12)14-10-7-11-15(17-14)16(19)18(2)3/h5-11H,4H2,1-3H3. The van der Waals surface area contributed by atoms with Crippen LogP contribution in [0.2, 0.25) is 0 Å². The molecule has 3 nitrogen and oxygen atoms in total. The number of carbonyl (C=O) groups is 1. The Hall–Kier alpha value is -2.16. The molecule has 0 atom stereocenters. The summed E-state index contributed by atoms with van der Waals surface area (Å²) in [4.78, 5) is 18.0. The molecule has 0 spiro atoms. The lowest BCUT2D eigenvalue weighted by atomic mass is 10.0. The average molecular weight is 254 g/mol. The molecule has 19 heavy (non-hydrogen) atoms. The first-order chi connectivity index (χ1) is 9.13. The average Bonchev–Trinajstić information content (AvgIpc) is 2.46. The zero-order chi connectivity index (χ0) is 13.8. The fraction of sp³-hybridized carbons (Fsp3) is 0.250. The van der Waals surface area contributed by atoms with E-state index in [0.29, 0.717) is 5.69 Å². The Morgan fingerprint density at radius 1 is 1.11 bits per heavy atom. The second kappa shape index (κ2) is 5.65. The molecule has 0 aliphatic rings. The number of hydrogen-bond donors (Lipinski definition) is 0. The summed E-state index contributed by atoms with van der Waals surface area (Å²) in [6, 6.07) is 13.7. The summed E-state index contributed by atoms with van der Waals surface area (Å²) >= 11 is 0. The highest BCUT2D eigenvalue weighted by atomic mass is 16.2. The van der Waals surface area contributed by atoms with Crippen molar-refractivity contribution < 1.29 is 4.79 Å². The first-order valence-corrected chi connectivity index (χ1v) is 6.40. The van der Waals surface area contributed by atoms with Gasteiger partial charge in [-0.3, -0.25) is 4.79 Å². The van der Waals surface area contributed by atoms with Crippen LogP contribution in [0.1, 0.15) is 23.0 Å². The van der Waals surface area contributed by atoms with Gasteiger partial charge in [0.25, 0.3) is 5.91 Å². The van der Waals surface area contributed by atoms with Crippen molar-refractivity contribution in [1.29, 1.82) is 0 Å². The number of pyridine rings is 1. The van der Waals surface area contributed by atoms with Gasteiger partial charge in [0, 0.05) is 19.7 Å². The fourth-order valence-corrected chi connectivity index (χ4v) is 2.01. The normalized spacial score (nSPS) is 10.3. The summed E-state index contributed by atoms with van der Waals surface area (Å²) in [7, 11) is 3.47. The zero-order valence-electron chi connectivity index (χ0n) is 11.6. The van der Waals surface area contributed by atoms with Gasteiger partial charge in [-0.2, -0.15) is 0 Å². The van der Waals surface area contributed by atoms with Crippen LogP contribution in [-0.4, -0.2) is 29.9 Å². The summed E-state index contributed by atoms with van der Waals surface area (Å²) in [6.07, 6.45) is 0.948. The van der Waals surface area contributed by atoms with Gasteiger partial charge in [-0.25, -0.2) is 4.98 Å². The van der Waals surface area contributed by atoms with Crippen molar-refractivity contribution >= 4 is 5.91 Å². The molecule has 0 saturated heterocycles. The predicted octanol–water partition coefficient (Wildman–Crippen LogP) is 3.01. The van der Waals surface area contributed by atoms with Crippen LogP contribution in [0.25, 0.3) is 11.3 Å². The van der Waals surface area contributed by atoms with Gasteiger partial charge in [0.05, 0.1) is 5.69 Å². The molecule has 3 heteroatoms. The molecule has 0 fully saturated rings. The Balaban J connectivity index is 2.46. The Kier molecular flexibility index (Phi) is 3.95. The van der Waals surface area contributed by atoms with Crippen LogP contribution < -0.4 is 0 Å². The molecule has 98 valence electrons. The molecule has 1 amide bonds. The first kappa shape index (κ1) is 13.3. The summed E-state index contributed by atoms with van der Waals surface area (Å²) < 4.78 is 0. The van der Waals surface area contributed by atoms with E-state index in [0.717, 1.165) is 17.7 Å². The summed E-state index contributed by atoms with van der Waals surface area (Å²) in [5.74, 6) is -0.0733. The van der Waals surface area contributed by atoms with Gasteiger partial charge in [-0.05, 0) is 24.1 Å². The predicted molar refractivity (Wildman–Crippen MR) is 77.1 cm³/mol. The number of carbonyl (C=O) groups excluding carboxylic acids is 1. The van der Waals surface area contributed by atoms with Gasteiger partial charge in [-0.1, -0.05) is 37.3 Å². The second-order valence-corrected chi connectivity index (χ2v) is 4.62. The molecule has 0 unspecified atom stereocenters. The molecule has 1 aromatic heterocycles. The molecule has 0 radical (unpaired) electrons. The van der Waals surface area contributed by atoms with Crippen LogP contribution >= 0.6 is 0 Å². The molecule has 0 saturated carbocycles. The minimum absolute atomic E-state index is 0.0733. The smallest absolute Gasteiger partial charge is 0.271 e. The van der Waals surface area contributed by atoms with Gasteiger partial charge in [0.1, 0.15) is 5.69 Å². The molecule has 0 aliphatic carbocycles. The molecular weight excluding hydrogens is 236 g/mol. The van der Waals surface area contributed by atoms with Crippen molar-refractivity contribution in [3.63, 3.8) is 0 Å². The van der Waals surface area contributed by atoms with Crippen LogP contribution in [0.3, 0.4) is 0 Å². The first-order valence-electron chi connectivity index (χ1n) is 6.40. The minimum atomic E-state index is -0.0733. The topological polar surface area (TPSA) is 33.2 Å². The third kappa shape index (κ3) is 2.81. The molecular formula is C16H18N2O. The number of hydrogen-bond acceptors (Lipinski definition) is 2. The van der Waals surface area contributed by atoms with Crippen LogP contribution in [0, 0.1) is 0 Å². The maximum absolute atomic E-state index is 11.9. The molecule has 0 N–H and O–H groups in total. The van der Waals surface area contributed by atoms with Crippen molar-refractivity contribution in [2.45, 2.75) is 13.3 Å². The van der Waals surface area contributed by atoms with Crippen LogP contribution in [0.4, 0.5) is 0 Å². The lowest BCUT2D eigenvalue weighted by Crippen LogP contribution is -2.22. The van der Waals surface area contributed by atoms with E-state index >= 15 is 0 Å². The fourth-order valence-electron chi connectivity index (χ4n) is 2.01. The quantitative estimate of drug-likeness (QED) is 0.843. The summed E-state index contributed by atoms with van der Waals surface area (Å²) in [5, 5.41) is 0. The van der Waals surface area contributed by atoms with Crippen molar-refractivity contribution in [2.75, 3.05) is 14.1 Å². The van der Waals surface area contributed by atoms with Gasteiger partial charge < -0.3 is 4.90 Å². The highest BCUT2D eigenvalue weighted by molar-refractivity contribution is 5.92. The number of aryl methyl sites for hydroxylation is 1. The molecule has 1 aromatic carbocycles. The third-order valence-electron chi connectivity index (χ3n) is 3.05. The summed E-state index contributed by atoms with van der Waals surface area (Å²) in [6.45, 7) is 2.12. The van der Waals surface area contributed by atoms with Crippen LogP contribution in [0.15, 0.2) is 42.5 Å². The number of nitrogens with zero attached hydrogens (tertiary/aromatic N) is 2. The molecule has 0 aliphatic heterocycles. The van der Waals surface area contributed by atoms with E-state index < -0.39 is 0 Å². The van der Waals surface area contributed by atoms with Crippen molar-refractivity contribution in [1.82, 2.24) is 9.88 Å². The maximum Gasteiger partial charge on any atom is 0.271 e. The van der Waals surface area contributed by atoms with Gasteiger partial charge in [-0.15, -0.1) is 0 Å². The van der Waals surface area contributed by atoms with E-state index in [1.165, 1.54) is 10.5 Å². The van der Waals surface area contributed by atoms with Gasteiger partial charge in [0.15, 0.2) is 0 Å². The third-order valence-corrected chi connectivity index (χ3v) is 3.05. The van der Waals surface area contributed by atoms with Crippen LogP contribution in [0.5, 0.6) is 0 Å².